The van der Waals surface area contributed by atoms with Gasteiger partial charge in [-0.1, -0.05) is 45.4 Å². The molecule has 0 saturated carbocycles. The fourth-order valence-corrected chi connectivity index (χ4v) is 3.61. The number of rotatable bonds is 24. The number of amides is 4. The van der Waals surface area contributed by atoms with E-state index in [0.717, 1.165) is 12.8 Å². The molecule has 0 aliphatic heterocycles. The summed E-state index contributed by atoms with van der Waals surface area (Å²) >= 11 is 0. The third kappa shape index (κ3) is 18.8. The number of imidazole rings is 1. The van der Waals surface area contributed by atoms with Crippen molar-refractivity contribution in [2.75, 3.05) is 52.6 Å². The zero-order valence-electron chi connectivity index (χ0n) is 23.2. The number of hydrogen-bond donors (Lipinski definition) is 6. The quantitative estimate of drug-likeness (QED) is 0.0958. The molecule has 13 nitrogen and oxygen atoms in total. The van der Waals surface area contributed by atoms with Gasteiger partial charge in [-0.3, -0.25) is 19.2 Å². The average Bonchev–Trinajstić information content (AvgIpc) is 3.45. The topological polar surface area (TPSA) is 190 Å². The predicted octanol–water partition coefficient (Wildman–Crippen LogP) is -0.0818. The van der Waals surface area contributed by atoms with Gasteiger partial charge in [0.05, 0.1) is 45.8 Å². The van der Waals surface area contributed by atoms with E-state index in [2.05, 4.69) is 38.2 Å². The van der Waals surface area contributed by atoms with Gasteiger partial charge in [-0.05, 0) is 6.42 Å². The average molecular weight is 554 g/mol. The summed E-state index contributed by atoms with van der Waals surface area (Å²) in [6, 6.07) is -0.864. The second-order valence-corrected chi connectivity index (χ2v) is 9.12. The minimum Gasteiger partial charge on any atom is -0.377 e. The van der Waals surface area contributed by atoms with Crippen LogP contribution in [0.4, 0.5) is 0 Å². The second-order valence-electron chi connectivity index (χ2n) is 9.12. The van der Waals surface area contributed by atoms with Gasteiger partial charge in [-0.2, -0.15) is 0 Å². The Morgan fingerprint density at radius 1 is 0.872 bits per heavy atom. The Morgan fingerprint density at radius 3 is 2.18 bits per heavy atom. The number of hydrogen-bond acceptors (Lipinski definition) is 8. The number of aromatic nitrogens is 2. The van der Waals surface area contributed by atoms with Gasteiger partial charge in [0.15, 0.2) is 0 Å². The molecule has 0 saturated heterocycles. The number of unbranched alkanes of at least 4 members (excludes halogenated alkanes) is 6. The highest BCUT2D eigenvalue weighted by molar-refractivity contribution is 5.90. The highest BCUT2D eigenvalue weighted by atomic mass is 16.5. The molecule has 1 aromatic rings. The lowest BCUT2D eigenvalue weighted by atomic mass is 10.1. The van der Waals surface area contributed by atoms with E-state index in [1.54, 1.807) is 6.20 Å². The number of aromatic amines is 1. The highest BCUT2D eigenvalue weighted by Gasteiger charge is 2.21. The highest BCUT2D eigenvalue weighted by Crippen LogP contribution is 2.08. The lowest BCUT2D eigenvalue weighted by Crippen LogP contribution is -2.51. The van der Waals surface area contributed by atoms with Crippen LogP contribution in [0.1, 0.15) is 64.0 Å². The van der Waals surface area contributed by atoms with Crippen molar-refractivity contribution >= 4 is 23.6 Å². The van der Waals surface area contributed by atoms with Crippen molar-refractivity contribution in [2.45, 2.75) is 70.8 Å². The first kappa shape index (κ1) is 34.0. The van der Waals surface area contributed by atoms with Gasteiger partial charge in [-0.25, -0.2) is 4.98 Å². The van der Waals surface area contributed by atoms with Crippen molar-refractivity contribution in [2.24, 2.45) is 5.73 Å². The van der Waals surface area contributed by atoms with Crippen molar-refractivity contribution in [3.8, 4) is 0 Å². The standard InChI is InChI=1S/C26H47N7O6/c1-2-3-4-5-6-7-8-9-23(34)29-10-12-38-14-15-39-13-11-30-26(37)22(16-21-18-28-20-32-21)33-25(36)19-31-24(35)17-27/h18,20,22H,2-17,19,27H2,1H3,(H,28,32)(H,29,34)(H,30,37)(H,31,35)(H,33,36)/t22-/m0/s1. The van der Waals surface area contributed by atoms with Gasteiger partial charge in [-0.15, -0.1) is 0 Å². The van der Waals surface area contributed by atoms with Gasteiger partial charge >= 0.3 is 0 Å². The summed E-state index contributed by atoms with van der Waals surface area (Å²) in [6.45, 7) is 3.78. The van der Waals surface area contributed by atoms with Crippen LogP contribution in [0.3, 0.4) is 0 Å². The molecule has 39 heavy (non-hydrogen) atoms. The first-order valence-electron chi connectivity index (χ1n) is 13.9. The maximum absolute atomic E-state index is 12.6. The Labute approximate surface area is 231 Å². The first-order valence-corrected chi connectivity index (χ1v) is 13.9. The zero-order valence-corrected chi connectivity index (χ0v) is 23.2. The molecular weight excluding hydrogens is 506 g/mol. The van der Waals surface area contributed by atoms with Crippen LogP contribution < -0.4 is 27.0 Å². The molecule has 7 N–H and O–H groups in total. The van der Waals surface area contributed by atoms with Crippen LogP contribution in [0.25, 0.3) is 0 Å². The van der Waals surface area contributed by atoms with Gasteiger partial charge in [0.1, 0.15) is 6.04 Å². The van der Waals surface area contributed by atoms with Crippen LogP contribution in [0, 0.1) is 0 Å². The smallest absolute Gasteiger partial charge is 0.243 e. The maximum Gasteiger partial charge on any atom is 0.243 e. The van der Waals surface area contributed by atoms with Crippen LogP contribution in [0.15, 0.2) is 12.5 Å². The summed E-state index contributed by atoms with van der Waals surface area (Å²) in [4.78, 5) is 54.6. The lowest BCUT2D eigenvalue weighted by molar-refractivity contribution is -0.129. The molecule has 0 aromatic carbocycles. The van der Waals surface area contributed by atoms with Gasteiger partial charge in [0.2, 0.25) is 23.6 Å². The molecule has 4 amide bonds. The fraction of sp³-hybridized carbons (Fsp3) is 0.731. The lowest BCUT2D eigenvalue weighted by Gasteiger charge is -2.18. The number of carbonyl (C=O) groups is 4. The van der Waals surface area contributed by atoms with Crippen LogP contribution >= 0.6 is 0 Å². The van der Waals surface area contributed by atoms with E-state index in [1.165, 1.54) is 38.4 Å². The van der Waals surface area contributed by atoms with Crippen molar-refractivity contribution in [1.82, 2.24) is 31.2 Å². The molecule has 0 unspecified atom stereocenters. The van der Waals surface area contributed by atoms with Crippen molar-refractivity contribution in [3.05, 3.63) is 18.2 Å². The van der Waals surface area contributed by atoms with Gasteiger partial charge in [0.25, 0.3) is 0 Å². The number of nitrogens with zero attached hydrogens (tertiary/aromatic N) is 1. The van der Waals surface area contributed by atoms with E-state index >= 15 is 0 Å². The first-order chi connectivity index (χ1) is 19.0. The second kappa shape index (κ2) is 22.9. The molecule has 1 heterocycles. The van der Waals surface area contributed by atoms with Crippen molar-refractivity contribution in [3.63, 3.8) is 0 Å². The van der Waals surface area contributed by atoms with Gasteiger partial charge < -0.3 is 41.5 Å². The number of carbonyl (C=O) groups excluding carboxylic acids is 4. The monoisotopic (exact) mass is 553 g/mol. The Bertz CT molecular complexity index is 807. The van der Waals surface area contributed by atoms with E-state index in [-0.39, 0.29) is 38.6 Å². The van der Waals surface area contributed by atoms with Crippen LogP contribution in [0.2, 0.25) is 0 Å². The molecule has 1 atom stereocenters. The molecule has 0 fully saturated rings. The molecule has 1 aromatic heterocycles. The number of nitrogens with two attached hydrogens (primary N) is 1. The number of H-pyrrole nitrogens is 1. The summed E-state index contributed by atoms with van der Waals surface area (Å²) in [6.07, 6.45) is 12.1. The van der Waals surface area contributed by atoms with Crippen molar-refractivity contribution < 1.29 is 28.7 Å². The van der Waals surface area contributed by atoms with E-state index in [4.69, 9.17) is 15.2 Å². The molecule has 0 radical (unpaired) electrons. The molecule has 0 aliphatic rings. The molecule has 222 valence electrons. The third-order valence-corrected chi connectivity index (χ3v) is 5.76. The Balaban J connectivity index is 2.10. The summed E-state index contributed by atoms with van der Waals surface area (Å²) in [5.41, 5.74) is 5.88. The van der Waals surface area contributed by atoms with Gasteiger partial charge in [0, 0.05) is 37.8 Å². The largest absolute Gasteiger partial charge is 0.377 e. The normalized spacial score (nSPS) is 11.5. The van der Waals surface area contributed by atoms with Crippen LogP contribution in [-0.4, -0.2) is 92.2 Å². The summed E-state index contributed by atoms with van der Waals surface area (Å²) in [7, 11) is 0. The Kier molecular flexibility index (Phi) is 20.0. The van der Waals surface area contributed by atoms with E-state index < -0.39 is 23.8 Å². The molecule has 0 spiro atoms. The number of ether oxygens (including phenoxy) is 2. The summed E-state index contributed by atoms with van der Waals surface area (Å²) in [5.74, 6) is -1.32. The molecule has 1 rings (SSSR count). The SMILES string of the molecule is CCCCCCCCCC(=O)NCCOCCOCCNC(=O)[C@H](Cc1cnc[nH]1)NC(=O)CNC(=O)CN. The third-order valence-electron chi connectivity index (χ3n) is 5.76. The van der Waals surface area contributed by atoms with Crippen LogP contribution in [0.5, 0.6) is 0 Å². The fourth-order valence-electron chi connectivity index (χ4n) is 3.61. The van der Waals surface area contributed by atoms with E-state index in [9.17, 15) is 19.2 Å². The Hall–Kier alpha value is -3.03. The number of nitrogens with one attached hydrogen (secondary N) is 5. The molecule has 0 bridgehead atoms. The zero-order chi connectivity index (χ0) is 28.6. The predicted molar refractivity (Wildman–Crippen MR) is 147 cm³/mol. The molecular formula is C26H47N7O6. The van der Waals surface area contributed by atoms with Crippen LogP contribution in [-0.2, 0) is 35.1 Å². The molecule has 13 heteroatoms. The summed E-state index contributed by atoms with van der Waals surface area (Å²) in [5, 5.41) is 10.5. The minimum absolute atomic E-state index is 0.0569. The molecule has 0 aliphatic carbocycles. The van der Waals surface area contributed by atoms with E-state index in [1.807, 2.05) is 0 Å². The Morgan fingerprint density at radius 2 is 1.54 bits per heavy atom. The minimum atomic E-state index is -0.864. The van der Waals surface area contributed by atoms with Crippen molar-refractivity contribution in [1.29, 1.82) is 0 Å². The maximum atomic E-state index is 12.6. The summed E-state index contributed by atoms with van der Waals surface area (Å²) < 4.78 is 10.9. The van der Waals surface area contributed by atoms with E-state index in [0.29, 0.717) is 38.5 Å².